The summed E-state index contributed by atoms with van der Waals surface area (Å²) in [5.74, 6) is 0.474. The average molecular weight is 251 g/mol. The Morgan fingerprint density at radius 1 is 1.44 bits per heavy atom. The Morgan fingerprint density at radius 3 is 2.72 bits per heavy atom. The first-order valence-corrected chi connectivity index (χ1v) is 6.22. The van der Waals surface area contributed by atoms with Gasteiger partial charge in [-0.1, -0.05) is 19.9 Å². The molecule has 3 N–H and O–H groups in total. The van der Waals surface area contributed by atoms with Crippen LogP contribution in [0.15, 0.2) is 18.2 Å². The van der Waals surface area contributed by atoms with E-state index < -0.39 is 5.97 Å². The van der Waals surface area contributed by atoms with Crippen molar-refractivity contribution in [3.8, 4) is 5.75 Å². The lowest BCUT2D eigenvalue weighted by Gasteiger charge is -2.11. The molecule has 1 aromatic carbocycles. The zero-order chi connectivity index (χ0) is 13.5. The van der Waals surface area contributed by atoms with Gasteiger partial charge in [-0.25, -0.2) is 0 Å². The molecule has 0 bridgehead atoms. The largest absolute Gasteiger partial charge is 0.491 e. The van der Waals surface area contributed by atoms with Crippen molar-refractivity contribution in [2.24, 2.45) is 5.92 Å². The molecular weight excluding hydrogens is 230 g/mol. The van der Waals surface area contributed by atoms with Crippen molar-refractivity contribution in [3.05, 3.63) is 23.8 Å². The number of carbonyl (C=O) groups is 1. The molecule has 0 aliphatic heterocycles. The van der Waals surface area contributed by atoms with Crippen LogP contribution < -0.4 is 10.5 Å². The van der Waals surface area contributed by atoms with E-state index in [-0.39, 0.29) is 6.42 Å². The van der Waals surface area contributed by atoms with Crippen LogP contribution in [0.1, 0.15) is 32.3 Å². The molecule has 18 heavy (non-hydrogen) atoms. The molecular formula is C14H21NO3. The van der Waals surface area contributed by atoms with Gasteiger partial charge in [0.05, 0.1) is 12.3 Å². The predicted octanol–water partition coefficient (Wildman–Crippen LogP) is 2.71. The summed E-state index contributed by atoms with van der Waals surface area (Å²) in [6.45, 7) is 4.93. The molecule has 0 heterocycles. The Bertz CT molecular complexity index is 402. The van der Waals surface area contributed by atoms with Crippen LogP contribution in [0, 0.1) is 5.92 Å². The maximum Gasteiger partial charge on any atom is 0.303 e. The van der Waals surface area contributed by atoms with E-state index in [1.807, 2.05) is 12.1 Å². The number of ether oxygens (including phenoxy) is 1. The number of aryl methyl sites for hydroxylation is 1. The number of hydrogen-bond donors (Lipinski definition) is 2. The minimum Gasteiger partial charge on any atom is -0.491 e. The Morgan fingerprint density at radius 2 is 2.17 bits per heavy atom. The third kappa shape index (κ3) is 5.08. The summed E-state index contributed by atoms with van der Waals surface area (Å²) in [5, 5.41) is 8.61. The number of carboxylic acids is 1. The van der Waals surface area contributed by atoms with E-state index in [1.165, 1.54) is 0 Å². The maximum atomic E-state index is 10.5. The van der Waals surface area contributed by atoms with Gasteiger partial charge < -0.3 is 15.6 Å². The van der Waals surface area contributed by atoms with Crippen molar-refractivity contribution < 1.29 is 14.6 Å². The molecule has 0 aliphatic rings. The van der Waals surface area contributed by atoms with Crippen molar-refractivity contribution in [3.63, 3.8) is 0 Å². The summed E-state index contributed by atoms with van der Waals surface area (Å²) in [7, 11) is 0. The van der Waals surface area contributed by atoms with Gasteiger partial charge in [-0.3, -0.25) is 4.79 Å². The minimum absolute atomic E-state index is 0.118. The van der Waals surface area contributed by atoms with Gasteiger partial charge in [-0.05, 0) is 36.5 Å². The lowest BCUT2D eigenvalue weighted by molar-refractivity contribution is -0.136. The van der Waals surface area contributed by atoms with Crippen molar-refractivity contribution in [2.45, 2.75) is 33.1 Å². The first-order chi connectivity index (χ1) is 8.49. The molecule has 0 spiro atoms. The minimum atomic E-state index is -0.800. The standard InChI is InChI=1S/C14H21NO3/c1-10(2)7-8-18-13-5-3-11(9-12(13)15)4-6-14(16)17/h3,5,9-10H,4,6-8,15H2,1-2H3,(H,16,17). The number of carboxylic acid groups (broad SMARTS) is 1. The number of rotatable bonds is 7. The van der Waals surface area contributed by atoms with E-state index in [0.29, 0.717) is 30.4 Å². The van der Waals surface area contributed by atoms with Gasteiger partial charge in [0.15, 0.2) is 0 Å². The first kappa shape index (κ1) is 14.4. The smallest absolute Gasteiger partial charge is 0.303 e. The van der Waals surface area contributed by atoms with E-state index in [2.05, 4.69) is 13.8 Å². The van der Waals surface area contributed by atoms with Gasteiger partial charge >= 0.3 is 5.97 Å². The highest BCUT2D eigenvalue weighted by molar-refractivity contribution is 5.67. The van der Waals surface area contributed by atoms with Gasteiger partial charge in [0.1, 0.15) is 5.75 Å². The fourth-order valence-electron chi connectivity index (χ4n) is 1.54. The Balaban J connectivity index is 2.53. The van der Waals surface area contributed by atoms with Gasteiger partial charge in [0.2, 0.25) is 0 Å². The molecule has 4 heteroatoms. The summed E-state index contributed by atoms with van der Waals surface area (Å²) in [6.07, 6.45) is 1.60. The third-order valence-corrected chi connectivity index (χ3v) is 2.65. The molecule has 0 aromatic heterocycles. The lowest BCUT2D eigenvalue weighted by atomic mass is 10.1. The molecule has 0 radical (unpaired) electrons. The summed E-state index contributed by atoms with van der Waals surface area (Å²) >= 11 is 0. The molecule has 1 rings (SSSR count). The zero-order valence-corrected chi connectivity index (χ0v) is 11.0. The first-order valence-electron chi connectivity index (χ1n) is 6.22. The van der Waals surface area contributed by atoms with E-state index in [4.69, 9.17) is 15.6 Å². The molecule has 100 valence electrons. The van der Waals surface area contributed by atoms with Crippen LogP contribution in [-0.4, -0.2) is 17.7 Å². The average Bonchev–Trinajstić information content (AvgIpc) is 2.28. The second-order valence-corrected chi connectivity index (χ2v) is 4.80. The van der Waals surface area contributed by atoms with Crippen molar-refractivity contribution in [1.82, 2.24) is 0 Å². The van der Waals surface area contributed by atoms with E-state index in [1.54, 1.807) is 6.07 Å². The van der Waals surface area contributed by atoms with Crippen LogP contribution in [0.25, 0.3) is 0 Å². The highest BCUT2D eigenvalue weighted by Crippen LogP contribution is 2.23. The molecule has 0 saturated carbocycles. The predicted molar refractivity (Wildman–Crippen MR) is 71.8 cm³/mol. The maximum absolute atomic E-state index is 10.5. The third-order valence-electron chi connectivity index (χ3n) is 2.65. The highest BCUT2D eigenvalue weighted by Gasteiger charge is 2.04. The number of aliphatic carboxylic acids is 1. The van der Waals surface area contributed by atoms with Crippen LogP contribution in [0.2, 0.25) is 0 Å². The summed E-state index contributed by atoms with van der Waals surface area (Å²) in [6, 6.07) is 5.46. The van der Waals surface area contributed by atoms with E-state index in [0.717, 1.165) is 12.0 Å². The normalized spacial score (nSPS) is 10.6. The summed E-state index contributed by atoms with van der Waals surface area (Å²) in [5.41, 5.74) is 7.37. The van der Waals surface area contributed by atoms with Gasteiger partial charge in [0.25, 0.3) is 0 Å². The van der Waals surface area contributed by atoms with Crippen LogP contribution in [0.4, 0.5) is 5.69 Å². The molecule has 0 fully saturated rings. The summed E-state index contributed by atoms with van der Waals surface area (Å²) < 4.78 is 5.59. The van der Waals surface area contributed by atoms with Crippen LogP contribution >= 0.6 is 0 Å². The van der Waals surface area contributed by atoms with Crippen molar-refractivity contribution in [1.29, 1.82) is 0 Å². The highest BCUT2D eigenvalue weighted by atomic mass is 16.5. The number of hydrogen-bond acceptors (Lipinski definition) is 3. The number of anilines is 1. The van der Waals surface area contributed by atoms with Crippen molar-refractivity contribution >= 4 is 11.7 Å². The topological polar surface area (TPSA) is 72.5 Å². The summed E-state index contributed by atoms with van der Waals surface area (Å²) in [4.78, 5) is 10.5. The molecule has 0 atom stereocenters. The second-order valence-electron chi connectivity index (χ2n) is 4.80. The Labute approximate surface area is 108 Å². The molecule has 0 amide bonds. The zero-order valence-electron chi connectivity index (χ0n) is 11.0. The molecule has 4 nitrogen and oxygen atoms in total. The van der Waals surface area contributed by atoms with Gasteiger partial charge in [-0.15, -0.1) is 0 Å². The number of benzene rings is 1. The number of nitrogens with two attached hydrogens (primary N) is 1. The Hall–Kier alpha value is -1.71. The fraction of sp³-hybridized carbons (Fsp3) is 0.500. The van der Waals surface area contributed by atoms with Crippen LogP contribution in [-0.2, 0) is 11.2 Å². The SMILES string of the molecule is CC(C)CCOc1ccc(CCC(=O)O)cc1N. The molecule has 0 aliphatic carbocycles. The fourth-order valence-corrected chi connectivity index (χ4v) is 1.54. The van der Waals surface area contributed by atoms with E-state index >= 15 is 0 Å². The van der Waals surface area contributed by atoms with E-state index in [9.17, 15) is 4.79 Å². The molecule has 0 saturated heterocycles. The van der Waals surface area contributed by atoms with Gasteiger partial charge in [-0.2, -0.15) is 0 Å². The van der Waals surface area contributed by atoms with Crippen LogP contribution in [0.3, 0.4) is 0 Å². The van der Waals surface area contributed by atoms with Crippen molar-refractivity contribution in [2.75, 3.05) is 12.3 Å². The Kier molecular flexibility index (Phi) is 5.49. The van der Waals surface area contributed by atoms with Gasteiger partial charge in [0, 0.05) is 6.42 Å². The van der Waals surface area contributed by atoms with Crippen LogP contribution in [0.5, 0.6) is 5.75 Å². The molecule has 0 unspecified atom stereocenters. The quantitative estimate of drug-likeness (QED) is 0.731. The monoisotopic (exact) mass is 251 g/mol. The molecule has 1 aromatic rings. The lowest BCUT2D eigenvalue weighted by Crippen LogP contribution is -2.04. The number of nitrogen functional groups attached to an aromatic ring is 1. The second kappa shape index (κ2) is 6.89.